The first-order valence-corrected chi connectivity index (χ1v) is 11.1. The van der Waals surface area contributed by atoms with E-state index in [-0.39, 0.29) is 11.8 Å². The van der Waals surface area contributed by atoms with Gasteiger partial charge in [0.2, 0.25) is 11.8 Å². The molecule has 5 heteroatoms. The highest BCUT2D eigenvalue weighted by atomic mass is 16.5. The lowest BCUT2D eigenvalue weighted by molar-refractivity contribution is -0.131. The Kier molecular flexibility index (Phi) is 6.95. The Hall–Kier alpha value is -3.47. The van der Waals surface area contributed by atoms with Crippen LogP contribution in [0.5, 0.6) is 5.88 Å². The number of hydrogen-bond acceptors (Lipinski definition) is 4. The van der Waals surface area contributed by atoms with Crippen molar-refractivity contribution in [2.24, 2.45) is 0 Å². The summed E-state index contributed by atoms with van der Waals surface area (Å²) < 4.78 is 5.53. The zero-order valence-corrected chi connectivity index (χ0v) is 18.7. The van der Waals surface area contributed by atoms with Crippen molar-refractivity contribution in [1.82, 2.24) is 14.9 Å². The summed E-state index contributed by atoms with van der Waals surface area (Å²) in [6.07, 6.45) is 6.19. The summed E-state index contributed by atoms with van der Waals surface area (Å²) in [5, 5.41) is 0. The molecule has 2 heterocycles. The summed E-state index contributed by atoms with van der Waals surface area (Å²) in [4.78, 5) is 23.9. The van der Waals surface area contributed by atoms with Crippen LogP contribution in [-0.4, -0.2) is 41.0 Å². The minimum absolute atomic E-state index is 0.227. The number of likely N-dealkylation sites (tertiary alicyclic amines) is 1. The van der Waals surface area contributed by atoms with Crippen LogP contribution in [0, 0.1) is 0 Å². The van der Waals surface area contributed by atoms with Crippen molar-refractivity contribution in [1.29, 1.82) is 0 Å². The van der Waals surface area contributed by atoms with Crippen LogP contribution in [0.2, 0.25) is 0 Å². The number of ether oxygens (including phenoxy) is 1. The summed E-state index contributed by atoms with van der Waals surface area (Å²) in [7, 11) is 1.63. The molecule has 1 aliphatic heterocycles. The van der Waals surface area contributed by atoms with Gasteiger partial charge in [0.1, 0.15) is 0 Å². The van der Waals surface area contributed by atoms with Gasteiger partial charge in [0.05, 0.1) is 12.7 Å². The fourth-order valence-corrected chi connectivity index (χ4v) is 4.06. The van der Waals surface area contributed by atoms with Crippen molar-refractivity contribution in [3.05, 3.63) is 83.6 Å². The van der Waals surface area contributed by atoms with E-state index in [1.54, 1.807) is 7.11 Å². The van der Waals surface area contributed by atoms with Crippen LogP contribution in [-0.2, 0) is 4.79 Å². The van der Waals surface area contributed by atoms with E-state index < -0.39 is 0 Å². The molecule has 32 heavy (non-hydrogen) atoms. The smallest absolute Gasteiger partial charge is 0.224 e. The fourth-order valence-electron chi connectivity index (χ4n) is 4.06. The molecule has 164 valence electrons. The summed E-state index contributed by atoms with van der Waals surface area (Å²) in [5.74, 6) is 1.68. The van der Waals surface area contributed by atoms with Gasteiger partial charge in [-0.3, -0.25) is 4.79 Å². The molecule has 0 radical (unpaired) electrons. The molecule has 0 spiro atoms. The Morgan fingerprint density at radius 3 is 2.38 bits per heavy atom. The highest BCUT2D eigenvalue weighted by molar-refractivity contribution is 5.77. The van der Waals surface area contributed by atoms with Crippen LogP contribution in [0.3, 0.4) is 0 Å². The molecule has 2 aromatic carbocycles. The minimum atomic E-state index is 0.227. The van der Waals surface area contributed by atoms with E-state index in [0.29, 0.717) is 18.1 Å². The predicted octanol–water partition coefficient (Wildman–Crippen LogP) is 5.35. The van der Waals surface area contributed by atoms with Gasteiger partial charge < -0.3 is 9.64 Å². The van der Waals surface area contributed by atoms with Gasteiger partial charge in [-0.15, -0.1) is 0 Å². The van der Waals surface area contributed by atoms with Crippen molar-refractivity contribution in [3.8, 4) is 17.3 Å². The van der Waals surface area contributed by atoms with Crippen LogP contribution in [0.25, 0.3) is 17.5 Å². The van der Waals surface area contributed by atoms with Gasteiger partial charge in [0.15, 0.2) is 5.82 Å². The molecule has 3 aromatic rings. The number of rotatable bonds is 6. The molecule has 1 aliphatic rings. The van der Waals surface area contributed by atoms with Crippen molar-refractivity contribution in [2.75, 3.05) is 20.2 Å². The van der Waals surface area contributed by atoms with E-state index in [2.05, 4.69) is 35.1 Å². The third-order valence-electron chi connectivity index (χ3n) is 5.97. The number of carbonyl (C=O) groups is 1. The number of aromatic nitrogens is 2. The molecule has 1 saturated heterocycles. The van der Waals surface area contributed by atoms with E-state index in [1.165, 1.54) is 11.1 Å². The van der Waals surface area contributed by atoms with Crippen LogP contribution in [0.15, 0.2) is 72.4 Å². The Balaban J connectivity index is 1.38. The summed E-state index contributed by atoms with van der Waals surface area (Å²) in [5.41, 5.74) is 4.34. The Labute approximate surface area is 189 Å². The van der Waals surface area contributed by atoms with E-state index >= 15 is 0 Å². The quantitative estimate of drug-likeness (QED) is 0.532. The van der Waals surface area contributed by atoms with E-state index in [4.69, 9.17) is 4.74 Å². The van der Waals surface area contributed by atoms with E-state index in [9.17, 15) is 4.79 Å². The number of amides is 1. The maximum atomic E-state index is 12.8. The zero-order valence-electron chi connectivity index (χ0n) is 18.7. The Morgan fingerprint density at radius 2 is 1.72 bits per heavy atom. The number of benzene rings is 2. The fraction of sp³-hybridized carbons (Fsp3) is 0.296. The normalized spacial score (nSPS) is 14.7. The maximum absolute atomic E-state index is 12.8. The Bertz CT molecular complexity index is 1070. The van der Waals surface area contributed by atoms with Gasteiger partial charge in [-0.1, -0.05) is 73.2 Å². The lowest BCUT2D eigenvalue weighted by atomic mass is 9.96. The lowest BCUT2D eigenvalue weighted by Gasteiger charge is -2.29. The zero-order chi connectivity index (χ0) is 22.3. The third kappa shape index (κ3) is 5.22. The van der Waals surface area contributed by atoms with Crippen LogP contribution < -0.4 is 4.74 Å². The molecule has 1 amide bonds. The van der Waals surface area contributed by atoms with Gasteiger partial charge in [0.25, 0.3) is 0 Å². The molecule has 1 aromatic heterocycles. The summed E-state index contributed by atoms with van der Waals surface area (Å²) >= 11 is 0. The molecule has 1 atom stereocenters. The van der Waals surface area contributed by atoms with Crippen molar-refractivity contribution in [3.63, 3.8) is 0 Å². The van der Waals surface area contributed by atoms with Crippen molar-refractivity contribution >= 4 is 12.0 Å². The first-order valence-electron chi connectivity index (χ1n) is 11.1. The highest BCUT2D eigenvalue weighted by Crippen LogP contribution is 2.27. The van der Waals surface area contributed by atoms with E-state index in [1.807, 2.05) is 59.6 Å². The summed E-state index contributed by atoms with van der Waals surface area (Å²) in [6.45, 7) is 3.61. The van der Waals surface area contributed by atoms with Crippen LogP contribution in [0.4, 0.5) is 0 Å². The SMILES string of the molecule is COc1nc(-c2ccccc2)ncc1C=C1CCN(C(=O)CC(C)c2ccccc2)CC1. The van der Waals surface area contributed by atoms with Gasteiger partial charge in [-0.25, -0.2) is 4.98 Å². The first-order chi connectivity index (χ1) is 15.6. The van der Waals surface area contributed by atoms with Crippen LogP contribution >= 0.6 is 0 Å². The average Bonchev–Trinajstić information content (AvgIpc) is 2.85. The molecule has 5 nitrogen and oxygen atoms in total. The number of carbonyl (C=O) groups excluding carboxylic acids is 1. The molecule has 1 unspecified atom stereocenters. The second-order valence-corrected chi connectivity index (χ2v) is 8.22. The predicted molar refractivity (Wildman–Crippen MR) is 127 cm³/mol. The number of nitrogens with zero attached hydrogens (tertiary/aromatic N) is 3. The van der Waals surface area contributed by atoms with Crippen LogP contribution in [0.1, 0.15) is 43.2 Å². The molecule has 0 N–H and O–H groups in total. The first kappa shape index (κ1) is 21.8. The average molecular weight is 428 g/mol. The second-order valence-electron chi connectivity index (χ2n) is 8.22. The van der Waals surface area contributed by atoms with Gasteiger partial charge in [0, 0.05) is 31.3 Å². The molecule has 0 bridgehead atoms. The number of piperidine rings is 1. The standard InChI is InChI=1S/C27H29N3O2/c1-20(22-9-5-3-6-10-22)17-25(31)30-15-13-21(14-16-30)18-24-19-28-26(29-27(24)32-2)23-11-7-4-8-12-23/h3-12,18-20H,13-17H2,1-2H3. The summed E-state index contributed by atoms with van der Waals surface area (Å²) in [6, 6.07) is 20.1. The topological polar surface area (TPSA) is 55.3 Å². The molecule has 4 rings (SSSR count). The number of methoxy groups -OCH3 is 1. The lowest BCUT2D eigenvalue weighted by Crippen LogP contribution is -2.36. The Morgan fingerprint density at radius 1 is 1.06 bits per heavy atom. The monoisotopic (exact) mass is 427 g/mol. The molecule has 0 aliphatic carbocycles. The van der Waals surface area contributed by atoms with Gasteiger partial charge >= 0.3 is 0 Å². The van der Waals surface area contributed by atoms with Crippen molar-refractivity contribution < 1.29 is 9.53 Å². The molecule has 0 saturated carbocycles. The largest absolute Gasteiger partial charge is 0.480 e. The van der Waals surface area contributed by atoms with Gasteiger partial charge in [-0.05, 0) is 30.4 Å². The molecule has 1 fully saturated rings. The molecular formula is C27H29N3O2. The molecular weight excluding hydrogens is 398 g/mol. The second kappa shape index (κ2) is 10.2. The van der Waals surface area contributed by atoms with Gasteiger partial charge in [-0.2, -0.15) is 4.98 Å². The third-order valence-corrected chi connectivity index (χ3v) is 5.97. The number of hydrogen-bond donors (Lipinski definition) is 0. The van der Waals surface area contributed by atoms with Crippen molar-refractivity contribution in [2.45, 2.75) is 32.1 Å². The minimum Gasteiger partial charge on any atom is -0.480 e. The maximum Gasteiger partial charge on any atom is 0.224 e. The highest BCUT2D eigenvalue weighted by Gasteiger charge is 2.21. The van der Waals surface area contributed by atoms with E-state index in [0.717, 1.165) is 37.1 Å².